The quantitative estimate of drug-likeness (QED) is 0.475. The van der Waals surface area contributed by atoms with E-state index < -0.39 is 0 Å². The molecule has 0 bridgehead atoms. The molecule has 164 valence electrons. The number of nitrogens with zero attached hydrogens (tertiary/aromatic N) is 1. The Morgan fingerprint density at radius 2 is 1.69 bits per heavy atom. The lowest BCUT2D eigenvalue weighted by atomic mass is 10.0. The minimum absolute atomic E-state index is 0.00103. The molecule has 1 fully saturated rings. The summed E-state index contributed by atoms with van der Waals surface area (Å²) in [5, 5.41) is 2.91. The van der Waals surface area contributed by atoms with Crippen LogP contribution in [0.3, 0.4) is 0 Å². The van der Waals surface area contributed by atoms with E-state index in [2.05, 4.69) is 31.3 Å². The molecule has 0 saturated carbocycles. The van der Waals surface area contributed by atoms with Crippen molar-refractivity contribution in [3.8, 4) is 0 Å². The molecule has 1 saturated heterocycles. The Labute approximate surface area is 194 Å². The summed E-state index contributed by atoms with van der Waals surface area (Å²) in [6.45, 7) is 4.33. The molecule has 4 nitrogen and oxygen atoms in total. The first-order chi connectivity index (χ1) is 15.5. The normalized spacial score (nSPS) is 15.9. The number of nitrogens with one attached hydrogen (secondary N) is 1. The minimum atomic E-state index is -0.0600. The zero-order valence-corrected chi connectivity index (χ0v) is 19.3. The highest BCUT2D eigenvalue weighted by atomic mass is 32.2. The average Bonchev–Trinajstić information content (AvgIpc) is 3.20. The van der Waals surface area contributed by atoms with Gasteiger partial charge in [-0.3, -0.25) is 14.5 Å². The van der Waals surface area contributed by atoms with Gasteiger partial charge in [0.1, 0.15) is 5.37 Å². The Bertz CT molecular complexity index is 1060. The Morgan fingerprint density at radius 3 is 2.34 bits per heavy atom. The third kappa shape index (κ3) is 5.22. The number of thioether (sulfide) groups is 1. The molecule has 3 aromatic rings. The topological polar surface area (TPSA) is 49.4 Å². The van der Waals surface area contributed by atoms with E-state index in [1.54, 1.807) is 11.8 Å². The van der Waals surface area contributed by atoms with Crippen molar-refractivity contribution >= 4 is 35.0 Å². The lowest BCUT2D eigenvalue weighted by molar-refractivity contribution is -0.116. The van der Waals surface area contributed by atoms with Crippen molar-refractivity contribution in [3.05, 3.63) is 95.6 Å². The second kappa shape index (κ2) is 10.0. The largest absolute Gasteiger partial charge is 0.326 e. The molecule has 1 heterocycles. The molecule has 0 aromatic heterocycles. The molecule has 4 rings (SSSR count). The van der Waals surface area contributed by atoms with E-state index >= 15 is 0 Å². The number of benzene rings is 3. The van der Waals surface area contributed by atoms with Crippen LogP contribution in [0.25, 0.3) is 0 Å². The predicted octanol–water partition coefficient (Wildman–Crippen LogP) is 6.16. The Hall–Kier alpha value is -3.05. The summed E-state index contributed by atoms with van der Waals surface area (Å²) in [7, 11) is 0. The second-order valence-electron chi connectivity index (χ2n) is 8.33. The molecule has 2 amide bonds. The van der Waals surface area contributed by atoms with Crippen LogP contribution in [0.4, 0.5) is 11.4 Å². The molecule has 0 unspecified atom stereocenters. The molecule has 5 heteroatoms. The van der Waals surface area contributed by atoms with Gasteiger partial charge in [-0.05, 0) is 53.3 Å². The van der Waals surface area contributed by atoms with Crippen LogP contribution in [0.1, 0.15) is 48.3 Å². The van der Waals surface area contributed by atoms with Crippen molar-refractivity contribution in [2.45, 2.75) is 38.0 Å². The minimum Gasteiger partial charge on any atom is -0.326 e. The van der Waals surface area contributed by atoms with Gasteiger partial charge in [-0.2, -0.15) is 0 Å². The molecule has 1 aliphatic heterocycles. The molecule has 0 spiro atoms. The van der Waals surface area contributed by atoms with Crippen molar-refractivity contribution < 1.29 is 9.59 Å². The number of aryl methyl sites for hydroxylation is 1. The standard InChI is InChI=1S/C27H28N2O2S/c1-19(2)21-11-15-24(16-12-21)29-26(31)18-32-27(29)22-9-13-23(14-10-22)28-25(30)17-8-20-6-4-3-5-7-20/h3-7,9-16,19,27H,8,17-18H2,1-2H3,(H,28,30)/t27-/m1/s1. The van der Waals surface area contributed by atoms with Crippen LogP contribution < -0.4 is 10.2 Å². The van der Waals surface area contributed by atoms with Crippen molar-refractivity contribution in [2.75, 3.05) is 16.0 Å². The predicted molar refractivity (Wildman–Crippen MR) is 133 cm³/mol. The molecular weight excluding hydrogens is 416 g/mol. The number of hydrogen-bond acceptors (Lipinski definition) is 3. The van der Waals surface area contributed by atoms with E-state index in [9.17, 15) is 9.59 Å². The summed E-state index contributed by atoms with van der Waals surface area (Å²) in [4.78, 5) is 26.8. The number of carbonyl (C=O) groups excluding carboxylic acids is 2. The summed E-state index contributed by atoms with van der Waals surface area (Å²) >= 11 is 1.63. The highest BCUT2D eigenvalue weighted by Crippen LogP contribution is 2.42. The molecule has 0 aliphatic carbocycles. The first-order valence-electron chi connectivity index (χ1n) is 11.0. The van der Waals surface area contributed by atoms with Crippen LogP contribution in [-0.4, -0.2) is 17.6 Å². The highest BCUT2D eigenvalue weighted by molar-refractivity contribution is 8.00. The van der Waals surface area contributed by atoms with Crippen molar-refractivity contribution in [2.24, 2.45) is 0 Å². The van der Waals surface area contributed by atoms with E-state index in [0.29, 0.717) is 18.1 Å². The number of carbonyl (C=O) groups is 2. The second-order valence-corrected chi connectivity index (χ2v) is 9.40. The summed E-state index contributed by atoms with van der Waals surface area (Å²) in [6.07, 6.45) is 1.16. The molecule has 1 N–H and O–H groups in total. The SMILES string of the molecule is CC(C)c1ccc(N2C(=O)CS[C@@H]2c2ccc(NC(=O)CCc3ccccc3)cc2)cc1. The van der Waals surface area contributed by atoms with E-state index in [1.165, 1.54) is 5.56 Å². The van der Waals surface area contributed by atoms with E-state index in [0.717, 1.165) is 28.9 Å². The highest BCUT2D eigenvalue weighted by Gasteiger charge is 2.34. The van der Waals surface area contributed by atoms with E-state index in [4.69, 9.17) is 0 Å². The monoisotopic (exact) mass is 444 g/mol. The van der Waals surface area contributed by atoms with Gasteiger partial charge < -0.3 is 5.32 Å². The summed E-state index contributed by atoms with van der Waals surface area (Å²) in [6, 6.07) is 26.1. The third-order valence-corrected chi connectivity index (χ3v) is 6.88. The van der Waals surface area contributed by atoms with Crippen molar-refractivity contribution in [1.29, 1.82) is 0 Å². The number of amides is 2. The molecule has 1 atom stereocenters. The average molecular weight is 445 g/mol. The van der Waals surface area contributed by atoms with Gasteiger partial charge in [0, 0.05) is 17.8 Å². The molecule has 3 aromatic carbocycles. The van der Waals surface area contributed by atoms with Gasteiger partial charge in [0.15, 0.2) is 0 Å². The lowest BCUT2D eigenvalue weighted by Gasteiger charge is -2.25. The van der Waals surface area contributed by atoms with E-state index in [-0.39, 0.29) is 17.2 Å². The zero-order chi connectivity index (χ0) is 22.5. The van der Waals surface area contributed by atoms with Gasteiger partial charge in [0.25, 0.3) is 0 Å². The maximum atomic E-state index is 12.6. The van der Waals surface area contributed by atoms with Gasteiger partial charge in [-0.25, -0.2) is 0 Å². The maximum Gasteiger partial charge on any atom is 0.238 e. The van der Waals surface area contributed by atoms with Gasteiger partial charge in [0.2, 0.25) is 11.8 Å². The molecule has 1 aliphatic rings. The van der Waals surface area contributed by atoms with Gasteiger partial charge in [0.05, 0.1) is 5.75 Å². The first-order valence-corrected chi connectivity index (χ1v) is 12.0. The van der Waals surface area contributed by atoms with Gasteiger partial charge in [-0.15, -0.1) is 11.8 Å². The number of anilines is 2. The van der Waals surface area contributed by atoms with Gasteiger partial charge in [-0.1, -0.05) is 68.4 Å². The maximum absolute atomic E-state index is 12.6. The van der Waals surface area contributed by atoms with Crippen LogP contribution in [-0.2, 0) is 16.0 Å². The molecular formula is C27H28N2O2S. The fourth-order valence-electron chi connectivity index (χ4n) is 3.83. The fraction of sp³-hybridized carbons (Fsp3) is 0.259. The smallest absolute Gasteiger partial charge is 0.238 e. The van der Waals surface area contributed by atoms with Crippen LogP contribution in [0, 0.1) is 0 Å². The molecule has 32 heavy (non-hydrogen) atoms. The number of rotatable bonds is 7. The van der Waals surface area contributed by atoms with Crippen LogP contribution >= 0.6 is 11.8 Å². The summed E-state index contributed by atoms with van der Waals surface area (Å²) < 4.78 is 0. The first kappa shape index (κ1) is 22.2. The molecule has 0 radical (unpaired) electrons. The van der Waals surface area contributed by atoms with E-state index in [1.807, 2.05) is 71.6 Å². The number of hydrogen-bond donors (Lipinski definition) is 1. The van der Waals surface area contributed by atoms with Crippen LogP contribution in [0.2, 0.25) is 0 Å². The van der Waals surface area contributed by atoms with Crippen LogP contribution in [0.5, 0.6) is 0 Å². The zero-order valence-electron chi connectivity index (χ0n) is 18.5. The summed E-state index contributed by atoms with van der Waals surface area (Å²) in [5.74, 6) is 1.04. The van der Waals surface area contributed by atoms with Crippen molar-refractivity contribution in [1.82, 2.24) is 0 Å². The Morgan fingerprint density at radius 1 is 1.00 bits per heavy atom. The Balaban J connectivity index is 1.41. The Kier molecular flexibility index (Phi) is 6.96. The van der Waals surface area contributed by atoms with Crippen LogP contribution in [0.15, 0.2) is 78.9 Å². The summed E-state index contributed by atoms with van der Waals surface area (Å²) in [5.41, 5.74) is 5.16. The van der Waals surface area contributed by atoms with Gasteiger partial charge >= 0.3 is 0 Å². The lowest BCUT2D eigenvalue weighted by Crippen LogP contribution is -2.27. The third-order valence-electron chi connectivity index (χ3n) is 5.67. The fourth-order valence-corrected chi connectivity index (χ4v) is 5.00. The van der Waals surface area contributed by atoms with Crippen molar-refractivity contribution in [3.63, 3.8) is 0 Å².